The molecular weight excluding hydrogens is 289 g/mol. The number of nitrogens with one attached hydrogen (secondary N) is 1. The van der Waals surface area contributed by atoms with E-state index in [1.807, 2.05) is 36.4 Å². The molecule has 0 aliphatic heterocycles. The molecule has 0 aliphatic carbocycles. The van der Waals surface area contributed by atoms with Gasteiger partial charge in [0.25, 0.3) is 0 Å². The molecule has 104 valence electrons. The third-order valence-electron chi connectivity index (χ3n) is 3.08. The van der Waals surface area contributed by atoms with Gasteiger partial charge in [0.15, 0.2) is 0 Å². The molecule has 2 aromatic rings. The zero-order chi connectivity index (χ0) is 14.4. The molecule has 0 unspecified atom stereocenters. The maximum atomic E-state index is 6.00. The molecule has 3 heteroatoms. The largest absolute Gasteiger partial charge is 0.385 e. The van der Waals surface area contributed by atoms with E-state index in [0.717, 1.165) is 25.1 Å². The maximum Gasteiger partial charge on any atom is 0.0595 e. The molecule has 0 aromatic heterocycles. The van der Waals surface area contributed by atoms with Crippen LogP contribution < -0.4 is 5.32 Å². The van der Waals surface area contributed by atoms with Crippen molar-refractivity contribution in [2.75, 3.05) is 0 Å². The zero-order valence-electron chi connectivity index (χ0n) is 11.2. The Morgan fingerprint density at radius 2 is 1.70 bits per heavy atom. The smallest absolute Gasteiger partial charge is 0.0595 e. The second-order valence-corrected chi connectivity index (χ2v) is 5.51. The quantitative estimate of drug-likeness (QED) is 0.770. The summed E-state index contributed by atoms with van der Waals surface area (Å²) in [4.78, 5) is 0. The standard InChI is InChI=1S/C17H17Cl2N/c1-13(20-12-15-5-3-2-4-6-15)7-8-14-9-10-16(18)17(19)11-14/h2-6,9-11,20H,1,7-8,12H2. The zero-order valence-corrected chi connectivity index (χ0v) is 12.7. The normalized spacial score (nSPS) is 10.3. The van der Waals surface area contributed by atoms with Crippen LogP contribution in [0.25, 0.3) is 0 Å². The first-order chi connectivity index (χ1) is 9.65. The fourth-order valence-corrected chi connectivity index (χ4v) is 2.22. The van der Waals surface area contributed by atoms with E-state index in [-0.39, 0.29) is 0 Å². The van der Waals surface area contributed by atoms with Crippen molar-refractivity contribution in [3.63, 3.8) is 0 Å². The van der Waals surface area contributed by atoms with Crippen LogP contribution in [0.3, 0.4) is 0 Å². The lowest BCUT2D eigenvalue weighted by atomic mass is 10.1. The van der Waals surface area contributed by atoms with Crippen LogP contribution in [0.1, 0.15) is 17.5 Å². The van der Waals surface area contributed by atoms with Crippen molar-refractivity contribution in [2.24, 2.45) is 0 Å². The number of hydrogen-bond acceptors (Lipinski definition) is 1. The summed E-state index contributed by atoms with van der Waals surface area (Å²) in [6, 6.07) is 16.0. The Kier molecular flexibility index (Phi) is 5.51. The third-order valence-corrected chi connectivity index (χ3v) is 3.82. The SMILES string of the molecule is C=C(CCc1ccc(Cl)c(Cl)c1)NCc1ccccc1. The first-order valence-corrected chi connectivity index (χ1v) is 7.30. The van der Waals surface area contributed by atoms with Crippen molar-refractivity contribution in [2.45, 2.75) is 19.4 Å². The Morgan fingerprint density at radius 3 is 2.40 bits per heavy atom. The summed E-state index contributed by atoms with van der Waals surface area (Å²) < 4.78 is 0. The van der Waals surface area contributed by atoms with E-state index in [1.54, 1.807) is 0 Å². The second-order valence-electron chi connectivity index (χ2n) is 4.69. The summed E-state index contributed by atoms with van der Waals surface area (Å²) in [6.07, 6.45) is 1.78. The van der Waals surface area contributed by atoms with Crippen molar-refractivity contribution in [3.8, 4) is 0 Å². The first kappa shape index (κ1) is 15.0. The first-order valence-electron chi connectivity index (χ1n) is 6.54. The molecule has 0 aliphatic rings. The number of aryl methyl sites for hydroxylation is 1. The Balaban J connectivity index is 1.79. The Hall–Kier alpha value is -1.44. The lowest BCUT2D eigenvalue weighted by molar-refractivity contribution is 0.750. The lowest BCUT2D eigenvalue weighted by Gasteiger charge is -2.10. The molecule has 0 fully saturated rings. The number of rotatable bonds is 6. The van der Waals surface area contributed by atoms with Crippen LogP contribution in [0.15, 0.2) is 60.8 Å². The Bertz CT molecular complexity index is 579. The molecule has 20 heavy (non-hydrogen) atoms. The minimum atomic E-state index is 0.594. The summed E-state index contributed by atoms with van der Waals surface area (Å²) >= 11 is 11.9. The van der Waals surface area contributed by atoms with Gasteiger partial charge in [-0.05, 0) is 36.1 Å². The van der Waals surface area contributed by atoms with E-state index in [2.05, 4.69) is 24.0 Å². The van der Waals surface area contributed by atoms with Crippen LogP contribution in [0.2, 0.25) is 10.0 Å². The van der Waals surface area contributed by atoms with Gasteiger partial charge in [0.2, 0.25) is 0 Å². The third kappa shape index (κ3) is 4.59. The van der Waals surface area contributed by atoms with Gasteiger partial charge in [-0.2, -0.15) is 0 Å². The van der Waals surface area contributed by atoms with Crippen LogP contribution in [-0.2, 0) is 13.0 Å². The summed E-state index contributed by atoms with van der Waals surface area (Å²) in [6.45, 7) is 4.86. The van der Waals surface area contributed by atoms with Crippen LogP contribution >= 0.6 is 23.2 Å². The van der Waals surface area contributed by atoms with Crippen molar-refractivity contribution in [1.29, 1.82) is 0 Å². The van der Waals surface area contributed by atoms with Gasteiger partial charge < -0.3 is 5.32 Å². The van der Waals surface area contributed by atoms with E-state index >= 15 is 0 Å². The van der Waals surface area contributed by atoms with Crippen LogP contribution in [0.5, 0.6) is 0 Å². The molecule has 1 nitrogen and oxygen atoms in total. The van der Waals surface area contributed by atoms with Crippen molar-refractivity contribution in [3.05, 3.63) is 82.0 Å². The van der Waals surface area contributed by atoms with Crippen LogP contribution in [0, 0.1) is 0 Å². The number of hydrogen-bond donors (Lipinski definition) is 1. The monoisotopic (exact) mass is 305 g/mol. The molecule has 0 bridgehead atoms. The van der Waals surface area contributed by atoms with Crippen LogP contribution in [-0.4, -0.2) is 0 Å². The Labute approximate surface area is 130 Å². The molecule has 2 rings (SSSR count). The van der Waals surface area contributed by atoms with Gasteiger partial charge in [-0.25, -0.2) is 0 Å². The molecule has 0 radical (unpaired) electrons. The fourth-order valence-electron chi connectivity index (χ4n) is 1.90. The van der Waals surface area contributed by atoms with Gasteiger partial charge in [-0.15, -0.1) is 0 Å². The highest BCUT2D eigenvalue weighted by atomic mass is 35.5. The fraction of sp³-hybridized carbons (Fsp3) is 0.176. The molecule has 0 amide bonds. The minimum Gasteiger partial charge on any atom is -0.385 e. The molecule has 2 aromatic carbocycles. The summed E-state index contributed by atoms with van der Waals surface area (Å²) in [5, 5.41) is 4.54. The van der Waals surface area contributed by atoms with Gasteiger partial charge in [0.05, 0.1) is 10.0 Å². The van der Waals surface area contributed by atoms with E-state index in [1.165, 1.54) is 11.1 Å². The van der Waals surface area contributed by atoms with Gasteiger partial charge in [0, 0.05) is 12.2 Å². The summed E-state index contributed by atoms with van der Waals surface area (Å²) in [5.74, 6) is 0. The molecule has 0 spiro atoms. The van der Waals surface area contributed by atoms with E-state index < -0.39 is 0 Å². The molecular formula is C17H17Cl2N. The molecule has 0 saturated carbocycles. The predicted octanol–water partition coefficient (Wildman–Crippen LogP) is 5.23. The molecule has 0 heterocycles. The second kappa shape index (κ2) is 7.37. The number of allylic oxidation sites excluding steroid dienone is 1. The highest BCUT2D eigenvalue weighted by Gasteiger charge is 2.01. The van der Waals surface area contributed by atoms with Crippen molar-refractivity contribution >= 4 is 23.2 Å². The minimum absolute atomic E-state index is 0.594. The van der Waals surface area contributed by atoms with E-state index in [9.17, 15) is 0 Å². The van der Waals surface area contributed by atoms with Crippen LogP contribution in [0.4, 0.5) is 0 Å². The van der Waals surface area contributed by atoms with Gasteiger partial charge in [-0.1, -0.05) is 66.2 Å². The van der Waals surface area contributed by atoms with E-state index in [0.29, 0.717) is 10.0 Å². The molecule has 0 atom stereocenters. The average molecular weight is 306 g/mol. The van der Waals surface area contributed by atoms with Crippen molar-refractivity contribution in [1.82, 2.24) is 5.32 Å². The van der Waals surface area contributed by atoms with Gasteiger partial charge >= 0.3 is 0 Å². The Morgan fingerprint density at radius 1 is 0.950 bits per heavy atom. The molecule has 1 N–H and O–H groups in total. The average Bonchev–Trinajstić information content (AvgIpc) is 2.47. The van der Waals surface area contributed by atoms with E-state index in [4.69, 9.17) is 23.2 Å². The lowest BCUT2D eigenvalue weighted by Crippen LogP contribution is -2.12. The topological polar surface area (TPSA) is 12.0 Å². The number of benzene rings is 2. The van der Waals surface area contributed by atoms with Crippen molar-refractivity contribution < 1.29 is 0 Å². The summed E-state index contributed by atoms with van der Waals surface area (Å²) in [7, 11) is 0. The highest BCUT2D eigenvalue weighted by Crippen LogP contribution is 2.23. The predicted molar refractivity (Wildman–Crippen MR) is 87.2 cm³/mol. The highest BCUT2D eigenvalue weighted by molar-refractivity contribution is 6.42. The van der Waals surface area contributed by atoms with Gasteiger partial charge in [-0.3, -0.25) is 0 Å². The number of halogens is 2. The van der Waals surface area contributed by atoms with Gasteiger partial charge in [0.1, 0.15) is 0 Å². The summed E-state index contributed by atoms with van der Waals surface area (Å²) in [5.41, 5.74) is 3.45. The molecule has 0 saturated heterocycles. The maximum absolute atomic E-state index is 6.00.